The normalized spacial score (nSPS) is 10.2. The van der Waals surface area contributed by atoms with Crippen molar-refractivity contribution in [1.29, 1.82) is 0 Å². The Morgan fingerprint density at radius 3 is 2.61 bits per heavy atom. The number of hydrogen-bond donors (Lipinski definition) is 2. The smallest absolute Gasteiger partial charge is 0.319 e. The van der Waals surface area contributed by atoms with Gasteiger partial charge in [-0.05, 0) is 37.5 Å². The monoisotopic (exact) mass is 268 g/mol. The predicted octanol–water partition coefficient (Wildman–Crippen LogP) is 4.27. The molecule has 18 heavy (non-hydrogen) atoms. The van der Waals surface area contributed by atoms with E-state index < -0.39 is 0 Å². The van der Waals surface area contributed by atoms with Crippen molar-refractivity contribution < 1.29 is 4.79 Å². The zero-order valence-corrected chi connectivity index (χ0v) is 12.0. The Morgan fingerprint density at radius 1 is 1.28 bits per heavy atom. The van der Waals surface area contributed by atoms with E-state index in [0.717, 1.165) is 30.4 Å². The fourth-order valence-corrected chi connectivity index (χ4v) is 2.18. The van der Waals surface area contributed by atoms with Gasteiger partial charge in [0.25, 0.3) is 0 Å². The molecule has 0 aliphatic heterocycles. The van der Waals surface area contributed by atoms with Gasteiger partial charge < -0.3 is 10.6 Å². The van der Waals surface area contributed by atoms with E-state index in [1.807, 2.05) is 26.0 Å². The van der Waals surface area contributed by atoms with Crippen LogP contribution in [0.2, 0.25) is 5.02 Å². The Bertz CT molecular complexity index is 395. The number of amides is 2. The van der Waals surface area contributed by atoms with Gasteiger partial charge in [0.15, 0.2) is 0 Å². The van der Waals surface area contributed by atoms with Crippen LogP contribution >= 0.6 is 11.6 Å². The third kappa shape index (κ3) is 4.57. The molecule has 0 saturated heterocycles. The molecule has 0 fully saturated rings. The zero-order valence-electron chi connectivity index (χ0n) is 11.3. The zero-order chi connectivity index (χ0) is 13.5. The number of halogens is 1. The van der Waals surface area contributed by atoms with Crippen molar-refractivity contribution in [3.8, 4) is 0 Å². The third-order valence-corrected chi connectivity index (χ3v) is 3.03. The summed E-state index contributed by atoms with van der Waals surface area (Å²) in [5, 5.41) is 6.21. The van der Waals surface area contributed by atoms with Crippen molar-refractivity contribution in [2.45, 2.75) is 40.0 Å². The molecule has 3 nitrogen and oxygen atoms in total. The van der Waals surface area contributed by atoms with E-state index in [1.165, 1.54) is 0 Å². The van der Waals surface area contributed by atoms with Gasteiger partial charge in [-0.25, -0.2) is 4.79 Å². The molecule has 0 heterocycles. The molecule has 4 heteroatoms. The first kappa shape index (κ1) is 14.8. The van der Waals surface area contributed by atoms with Crippen LogP contribution in [0.1, 0.15) is 37.3 Å². The van der Waals surface area contributed by atoms with E-state index in [2.05, 4.69) is 17.6 Å². The van der Waals surface area contributed by atoms with Gasteiger partial charge in [-0.3, -0.25) is 0 Å². The van der Waals surface area contributed by atoms with Crippen molar-refractivity contribution in [1.82, 2.24) is 5.32 Å². The summed E-state index contributed by atoms with van der Waals surface area (Å²) in [6.45, 7) is 6.75. The molecule has 0 unspecified atom stereocenters. The van der Waals surface area contributed by atoms with Gasteiger partial charge in [-0.15, -0.1) is 0 Å². The first-order chi connectivity index (χ1) is 8.54. The molecule has 0 aromatic heterocycles. The second-order valence-corrected chi connectivity index (χ2v) is 4.93. The fourth-order valence-electron chi connectivity index (χ4n) is 1.81. The van der Waals surface area contributed by atoms with Gasteiger partial charge in [0, 0.05) is 6.54 Å². The summed E-state index contributed by atoms with van der Waals surface area (Å²) in [5.74, 6) is 0. The number of anilines is 1. The highest BCUT2D eigenvalue weighted by molar-refractivity contribution is 6.34. The van der Waals surface area contributed by atoms with Gasteiger partial charge in [-0.1, -0.05) is 37.4 Å². The summed E-state index contributed by atoms with van der Waals surface area (Å²) in [5.41, 5.74) is 2.75. The molecule has 2 N–H and O–H groups in total. The summed E-state index contributed by atoms with van der Waals surface area (Å²) in [7, 11) is 0. The van der Waals surface area contributed by atoms with Crippen LogP contribution in [-0.2, 0) is 0 Å². The first-order valence-electron chi connectivity index (χ1n) is 6.36. The highest BCUT2D eigenvalue weighted by atomic mass is 35.5. The number of aryl methyl sites for hydroxylation is 2. The van der Waals surface area contributed by atoms with Crippen LogP contribution in [0.4, 0.5) is 10.5 Å². The molecule has 1 aromatic rings. The molecule has 0 spiro atoms. The molecular formula is C14H21ClN2O. The Morgan fingerprint density at radius 2 is 2.00 bits per heavy atom. The van der Waals surface area contributed by atoms with E-state index in [4.69, 9.17) is 11.6 Å². The summed E-state index contributed by atoms with van der Waals surface area (Å²) in [6, 6.07) is 3.65. The number of urea groups is 1. The van der Waals surface area contributed by atoms with Crippen LogP contribution in [0.15, 0.2) is 12.1 Å². The second kappa shape index (κ2) is 7.27. The molecule has 0 radical (unpaired) electrons. The molecule has 2 amide bonds. The minimum atomic E-state index is -0.194. The Kier molecular flexibility index (Phi) is 5.99. The summed E-state index contributed by atoms with van der Waals surface area (Å²) >= 11 is 6.12. The minimum absolute atomic E-state index is 0.194. The number of nitrogens with one attached hydrogen (secondary N) is 2. The van der Waals surface area contributed by atoms with Crippen molar-refractivity contribution in [3.05, 3.63) is 28.3 Å². The fraction of sp³-hybridized carbons (Fsp3) is 0.500. The van der Waals surface area contributed by atoms with E-state index in [1.54, 1.807) is 0 Å². The minimum Gasteiger partial charge on any atom is -0.338 e. The average Bonchev–Trinajstić information content (AvgIpc) is 2.29. The van der Waals surface area contributed by atoms with Crippen molar-refractivity contribution in [2.75, 3.05) is 11.9 Å². The molecule has 0 saturated carbocycles. The Hall–Kier alpha value is -1.22. The van der Waals surface area contributed by atoms with Crippen LogP contribution in [0.25, 0.3) is 0 Å². The summed E-state index contributed by atoms with van der Waals surface area (Å²) in [6.07, 6.45) is 3.28. The largest absolute Gasteiger partial charge is 0.338 e. The third-order valence-electron chi connectivity index (χ3n) is 2.74. The molecule has 0 aliphatic rings. The lowest BCUT2D eigenvalue weighted by Crippen LogP contribution is -2.29. The molecule has 1 rings (SSSR count). The highest BCUT2D eigenvalue weighted by Crippen LogP contribution is 2.27. The van der Waals surface area contributed by atoms with Crippen molar-refractivity contribution in [2.24, 2.45) is 0 Å². The van der Waals surface area contributed by atoms with Crippen LogP contribution in [0.3, 0.4) is 0 Å². The quantitative estimate of drug-likeness (QED) is 0.770. The number of carbonyl (C=O) groups is 1. The number of carbonyl (C=O) groups excluding carboxylic acids is 1. The maximum atomic E-state index is 11.7. The predicted molar refractivity (Wildman–Crippen MR) is 77.5 cm³/mol. The Labute approximate surface area is 114 Å². The molecule has 1 aromatic carbocycles. The lowest BCUT2D eigenvalue weighted by molar-refractivity contribution is 0.252. The van der Waals surface area contributed by atoms with Gasteiger partial charge in [-0.2, -0.15) is 0 Å². The summed E-state index contributed by atoms with van der Waals surface area (Å²) in [4.78, 5) is 11.7. The van der Waals surface area contributed by atoms with Crippen LogP contribution in [-0.4, -0.2) is 12.6 Å². The molecule has 0 aliphatic carbocycles. The molecular weight excluding hydrogens is 248 g/mol. The standard InChI is InChI=1S/C14H21ClN2O/c1-4-5-6-7-16-14(18)17-13-11(3)8-10(2)9-12(13)15/h8-9H,4-7H2,1-3H3,(H2,16,17,18). The maximum Gasteiger partial charge on any atom is 0.319 e. The molecule has 100 valence electrons. The van der Waals surface area contributed by atoms with E-state index in [-0.39, 0.29) is 6.03 Å². The highest BCUT2D eigenvalue weighted by Gasteiger charge is 2.08. The average molecular weight is 269 g/mol. The lowest BCUT2D eigenvalue weighted by Gasteiger charge is -2.12. The second-order valence-electron chi connectivity index (χ2n) is 4.53. The van der Waals surface area contributed by atoms with Gasteiger partial charge >= 0.3 is 6.03 Å². The summed E-state index contributed by atoms with van der Waals surface area (Å²) < 4.78 is 0. The van der Waals surface area contributed by atoms with Crippen LogP contribution < -0.4 is 10.6 Å². The topological polar surface area (TPSA) is 41.1 Å². The van der Waals surface area contributed by atoms with Crippen molar-refractivity contribution in [3.63, 3.8) is 0 Å². The van der Waals surface area contributed by atoms with Gasteiger partial charge in [0.2, 0.25) is 0 Å². The molecule has 0 bridgehead atoms. The van der Waals surface area contributed by atoms with Crippen molar-refractivity contribution >= 4 is 23.3 Å². The Balaban J connectivity index is 2.54. The SMILES string of the molecule is CCCCCNC(=O)Nc1c(C)cc(C)cc1Cl. The van der Waals surface area contributed by atoms with E-state index in [9.17, 15) is 4.79 Å². The maximum absolute atomic E-state index is 11.7. The number of benzene rings is 1. The first-order valence-corrected chi connectivity index (χ1v) is 6.74. The number of rotatable bonds is 5. The van der Waals surface area contributed by atoms with Gasteiger partial charge in [0.1, 0.15) is 0 Å². The van der Waals surface area contributed by atoms with E-state index in [0.29, 0.717) is 17.3 Å². The van der Waals surface area contributed by atoms with E-state index >= 15 is 0 Å². The molecule has 0 atom stereocenters. The number of hydrogen-bond acceptors (Lipinski definition) is 1. The van der Waals surface area contributed by atoms with Crippen LogP contribution in [0.5, 0.6) is 0 Å². The lowest BCUT2D eigenvalue weighted by atomic mass is 10.1. The number of unbranched alkanes of at least 4 members (excludes halogenated alkanes) is 2. The van der Waals surface area contributed by atoms with Gasteiger partial charge in [0.05, 0.1) is 10.7 Å². The van der Waals surface area contributed by atoms with Crippen LogP contribution in [0, 0.1) is 13.8 Å².